The summed E-state index contributed by atoms with van der Waals surface area (Å²) in [5, 5.41) is 38.3. The maximum absolute atomic E-state index is 14.9. The SMILES string of the molecule is C[C@@]1(F)C(n2cc(B(O)O)c3c(N)ncnc32)OC(CO)[C@H]1O. The third-order valence-electron chi connectivity index (χ3n) is 4.10. The van der Waals surface area contributed by atoms with Crippen molar-refractivity contribution in [1.29, 1.82) is 0 Å². The molecule has 0 amide bonds. The van der Waals surface area contributed by atoms with Crippen molar-refractivity contribution in [3.05, 3.63) is 12.5 Å². The molecule has 2 aromatic rings. The molecule has 0 saturated carbocycles. The van der Waals surface area contributed by atoms with Crippen molar-refractivity contribution >= 4 is 29.4 Å². The van der Waals surface area contributed by atoms with Crippen LogP contribution in [0, 0.1) is 0 Å². The number of nitrogens with two attached hydrogens (primary N) is 1. The van der Waals surface area contributed by atoms with Gasteiger partial charge in [-0.15, -0.1) is 0 Å². The van der Waals surface area contributed by atoms with Crippen LogP contribution in [0.2, 0.25) is 0 Å². The average molecular weight is 326 g/mol. The van der Waals surface area contributed by atoms with Gasteiger partial charge in [0, 0.05) is 11.7 Å². The number of ether oxygens (including phenoxy) is 1. The predicted molar refractivity (Wildman–Crippen MR) is 78.3 cm³/mol. The lowest BCUT2D eigenvalue weighted by molar-refractivity contribution is -0.0563. The van der Waals surface area contributed by atoms with E-state index in [1.807, 2.05) is 0 Å². The van der Waals surface area contributed by atoms with Gasteiger partial charge in [-0.1, -0.05) is 0 Å². The summed E-state index contributed by atoms with van der Waals surface area (Å²) in [5.41, 5.74) is 3.62. The molecule has 0 radical (unpaired) electrons. The summed E-state index contributed by atoms with van der Waals surface area (Å²) < 4.78 is 21.5. The van der Waals surface area contributed by atoms with Gasteiger partial charge in [-0.3, -0.25) is 0 Å². The standard InChI is InChI=1S/C12H16BFN4O5/c1-12(14)8(20)6(3-19)23-11(12)18-2-5(13(21)22)7-9(15)16-4-17-10(7)18/h2,4,6,8,11,19-22H,3H2,1H3,(H2,15,16,17)/t6?,8-,11?,12+/m1/s1. The van der Waals surface area contributed by atoms with Gasteiger partial charge in [0.2, 0.25) is 0 Å². The molecule has 1 aliphatic rings. The monoisotopic (exact) mass is 326 g/mol. The highest BCUT2D eigenvalue weighted by Gasteiger charge is 2.55. The molecule has 6 N–H and O–H groups in total. The number of alkyl halides is 1. The van der Waals surface area contributed by atoms with E-state index in [0.717, 1.165) is 13.3 Å². The van der Waals surface area contributed by atoms with E-state index in [0.29, 0.717) is 0 Å². The van der Waals surface area contributed by atoms with Crippen molar-refractivity contribution in [1.82, 2.24) is 14.5 Å². The van der Waals surface area contributed by atoms with Crippen LogP contribution in [-0.4, -0.2) is 66.4 Å². The van der Waals surface area contributed by atoms with Crippen LogP contribution >= 0.6 is 0 Å². The Labute approximate surface area is 130 Å². The van der Waals surface area contributed by atoms with E-state index in [-0.39, 0.29) is 22.3 Å². The summed E-state index contributed by atoms with van der Waals surface area (Å²) in [6.45, 7) is 0.562. The molecule has 0 bridgehead atoms. The second-order valence-electron chi connectivity index (χ2n) is 5.63. The molecule has 0 spiro atoms. The Hall–Kier alpha value is -1.79. The number of rotatable bonds is 3. The number of aromatic nitrogens is 3. The average Bonchev–Trinajstić information content (AvgIpc) is 2.97. The molecule has 11 heteroatoms. The molecule has 1 fully saturated rings. The van der Waals surface area contributed by atoms with Gasteiger partial charge in [0.1, 0.15) is 30.0 Å². The molecular formula is C12H16BFN4O5. The van der Waals surface area contributed by atoms with E-state index in [9.17, 15) is 24.7 Å². The second kappa shape index (κ2) is 5.39. The Balaban J connectivity index is 2.19. The van der Waals surface area contributed by atoms with Crippen LogP contribution in [0.5, 0.6) is 0 Å². The van der Waals surface area contributed by atoms with Crippen molar-refractivity contribution < 1.29 is 29.4 Å². The van der Waals surface area contributed by atoms with Gasteiger partial charge in [0.15, 0.2) is 11.9 Å². The Morgan fingerprint density at radius 3 is 2.74 bits per heavy atom. The van der Waals surface area contributed by atoms with Gasteiger partial charge in [-0.05, 0) is 6.92 Å². The topological polar surface area (TPSA) is 147 Å². The number of nitrogens with zero attached hydrogens (tertiary/aromatic N) is 3. The first-order valence-electron chi connectivity index (χ1n) is 6.89. The largest absolute Gasteiger partial charge is 0.490 e. The van der Waals surface area contributed by atoms with Crippen molar-refractivity contribution in [2.45, 2.75) is 31.0 Å². The number of nitrogen functional groups attached to an aromatic ring is 1. The minimum atomic E-state index is -2.24. The predicted octanol–water partition coefficient (Wildman–Crippen LogP) is -2.33. The number of fused-ring (bicyclic) bond motifs is 1. The fraction of sp³-hybridized carbons (Fsp3) is 0.500. The van der Waals surface area contributed by atoms with Crippen molar-refractivity contribution in [3.63, 3.8) is 0 Å². The first-order valence-corrected chi connectivity index (χ1v) is 6.89. The van der Waals surface area contributed by atoms with E-state index in [2.05, 4.69) is 9.97 Å². The zero-order chi connectivity index (χ0) is 16.9. The quantitative estimate of drug-likeness (QED) is 0.395. The van der Waals surface area contributed by atoms with Crippen molar-refractivity contribution in [2.24, 2.45) is 0 Å². The summed E-state index contributed by atoms with van der Waals surface area (Å²) in [7, 11) is -1.88. The molecule has 1 aliphatic heterocycles. The summed E-state index contributed by atoms with van der Waals surface area (Å²) in [6, 6.07) is 0. The minimum Gasteiger partial charge on any atom is -0.423 e. The molecule has 124 valence electrons. The maximum atomic E-state index is 14.9. The van der Waals surface area contributed by atoms with Gasteiger partial charge >= 0.3 is 7.12 Å². The fourth-order valence-corrected chi connectivity index (χ4v) is 2.88. The summed E-state index contributed by atoms with van der Waals surface area (Å²) in [4.78, 5) is 7.77. The van der Waals surface area contributed by atoms with Crippen molar-refractivity contribution in [2.75, 3.05) is 12.3 Å². The Bertz CT molecular complexity index is 740. The molecular weight excluding hydrogens is 310 g/mol. The molecule has 2 aromatic heterocycles. The zero-order valence-corrected chi connectivity index (χ0v) is 12.2. The Morgan fingerprint density at radius 2 is 2.17 bits per heavy atom. The van der Waals surface area contributed by atoms with Gasteiger partial charge in [0.05, 0.1) is 12.0 Å². The molecule has 9 nitrogen and oxygen atoms in total. The minimum absolute atomic E-state index is 0.00494. The highest BCUT2D eigenvalue weighted by atomic mass is 19.1. The number of anilines is 1. The van der Waals surface area contributed by atoms with E-state index < -0.39 is 37.8 Å². The summed E-state index contributed by atoms with van der Waals surface area (Å²) >= 11 is 0. The van der Waals surface area contributed by atoms with Gasteiger partial charge in [0.25, 0.3) is 0 Å². The van der Waals surface area contributed by atoms with Crippen molar-refractivity contribution in [3.8, 4) is 0 Å². The summed E-state index contributed by atoms with van der Waals surface area (Å²) in [5.74, 6) is -0.00494. The maximum Gasteiger partial charge on any atom is 0.490 e. The zero-order valence-electron chi connectivity index (χ0n) is 12.2. The molecule has 0 aliphatic carbocycles. The van der Waals surface area contributed by atoms with Crippen LogP contribution in [0.4, 0.5) is 10.2 Å². The van der Waals surface area contributed by atoms with Crippen LogP contribution in [0.25, 0.3) is 11.0 Å². The normalized spacial score (nSPS) is 31.0. The third kappa shape index (κ3) is 2.28. The van der Waals surface area contributed by atoms with Gasteiger partial charge in [-0.2, -0.15) is 0 Å². The molecule has 3 rings (SSSR count). The van der Waals surface area contributed by atoms with Crippen LogP contribution in [-0.2, 0) is 4.74 Å². The van der Waals surface area contributed by atoms with Crippen LogP contribution in [0.15, 0.2) is 12.5 Å². The number of aliphatic hydroxyl groups excluding tert-OH is 2. The van der Waals surface area contributed by atoms with Crippen LogP contribution in [0.1, 0.15) is 13.2 Å². The fourth-order valence-electron chi connectivity index (χ4n) is 2.88. The highest BCUT2D eigenvalue weighted by molar-refractivity contribution is 6.62. The Kier molecular flexibility index (Phi) is 3.77. The number of hydrogen-bond acceptors (Lipinski definition) is 8. The first-order chi connectivity index (χ1) is 10.8. The molecule has 1 saturated heterocycles. The summed E-state index contributed by atoms with van der Waals surface area (Å²) in [6.07, 6.45) is -1.63. The third-order valence-corrected chi connectivity index (χ3v) is 4.10. The van der Waals surface area contributed by atoms with E-state index >= 15 is 0 Å². The van der Waals surface area contributed by atoms with Crippen LogP contribution in [0.3, 0.4) is 0 Å². The van der Waals surface area contributed by atoms with Gasteiger partial charge < -0.3 is 35.3 Å². The number of halogens is 1. The lowest BCUT2D eigenvalue weighted by Crippen LogP contribution is -2.40. The lowest BCUT2D eigenvalue weighted by Gasteiger charge is -2.25. The van der Waals surface area contributed by atoms with Gasteiger partial charge in [-0.25, -0.2) is 14.4 Å². The lowest BCUT2D eigenvalue weighted by atomic mass is 9.80. The van der Waals surface area contributed by atoms with E-state index in [1.54, 1.807) is 0 Å². The van der Waals surface area contributed by atoms with Crippen LogP contribution < -0.4 is 11.2 Å². The number of hydrogen-bond donors (Lipinski definition) is 5. The molecule has 0 aromatic carbocycles. The molecule has 2 unspecified atom stereocenters. The smallest absolute Gasteiger partial charge is 0.423 e. The Morgan fingerprint density at radius 1 is 1.48 bits per heavy atom. The second-order valence-corrected chi connectivity index (χ2v) is 5.63. The van der Waals surface area contributed by atoms with E-state index in [4.69, 9.17) is 10.5 Å². The highest BCUT2D eigenvalue weighted by Crippen LogP contribution is 2.42. The number of aliphatic hydroxyl groups is 2. The molecule has 3 heterocycles. The molecule has 4 atom stereocenters. The molecule has 23 heavy (non-hydrogen) atoms. The first kappa shape index (κ1) is 16.1. The van der Waals surface area contributed by atoms with E-state index in [1.165, 1.54) is 10.8 Å².